The van der Waals surface area contributed by atoms with E-state index in [1.54, 1.807) is 62.8 Å². The van der Waals surface area contributed by atoms with Crippen molar-refractivity contribution < 1.29 is 22.7 Å². The van der Waals surface area contributed by atoms with Crippen molar-refractivity contribution in [3.63, 3.8) is 0 Å². The zero-order chi connectivity index (χ0) is 23.3. The molecule has 1 unspecified atom stereocenters. The van der Waals surface area contributed by atoms with Gasteiger partial charge in [-0.2, -0.15) is 0 Å². The fourth-order valence-corrected chi connectivity index (χ4v) is 4.25. The fraction of sp³-hybridized carbons (Fsp3) is 0.208. The van der Waals surface area contributed by atoms with E-state index in [-0.39, 0.29) is 22.2 Å². The number of anilines is 1. The summed E-state index contributed by atoms with van der Waals surface area (Å²) in [5.41, 5.74) is 2.18. The molecule has 1 amide bonds. The first-order chi connectivity index (χ1) is 15.2. The molecule has 0 aliphatic heterocycles. The molecular formula is C24H26N2O5S. The van der Waals surface area contributed by atoms with Gasteiger partial charge in [0.15, 0.2) is 11.5 Å². The van der Waals surface area contributed by atoms with Crippen molar-refractivity contribution in [2.75, 3.05) is 18.9 Å². The number of hydrogen-bond acceptors (Lipinski definition) is 5. The summed E-state index contributed by atoms with van der Waals surface area (Å²) in [6.45, 7) is 3.71. The second-order valence-electron chi connectivity index (χ2n) is 7.27. The number of amides is 1. The van der Waals surface area contributed by atoms with Crippen molar-refractivity contribution in [3.05, 3.63) is 83.4 Å². The minimum Gasteiger partial charge on any atom is -0.493 e. The Labute approximate surface area is 188 Å². The van der Waals surface area contributed by atoms with Crippen LogP contribution in [0.2, 0.25) is 0 Å². The summed E-state index contributed by atoms with van der Waals surface area (Å²) in [6.07, 6.45) is 0. The topological polar surface area (TPSA) is 93.7 Å². The van der Waals surface area contributed by atoms with Gasteiger partial charge in [-0.25, -0.2) is 8.42 Å². The summed E-state index contributed by atoms with van der Waals surface area (Å²) >= 11 is 0. The van der Waals surface area contributed by atoms with Crippen LogP contribution in [0, 0.1) is 6.92 Å². The Morgan fingerprint density at radius 1 is 0.906 bits per heavy atom. The smallest absolute Gasteiger partial charge is 0.261 e. The van der Waals surface area contributed by atoms with Crippen molar-refractivity contribution in [3.8, 4) is 11.5 Å². The molecule has 2 N–H and O–H groups in total. The Hall–Kier alpha value is -3.52. The van der Waals surface area contributed by atoms with Crippen LogP contribution in [-0.2, 0) is 10.0 Å². The van der Waals surface area contributed by atoms with Gasteiger partial charge in [0, 0.05) is 0 Å². The maximum absolute atomic E-state index is 13.0. The number of hydrogen-bond donors (Lipinski definition) is 2. The number of methoxy groups -OCH3 is 2. The first kappa shape index (κ1) is 23.1. The molecule has 0 saturated carbocycles. The number of carbonyl (C=O) groups excluding carboxylic acids is 1. The van der Waals surface area contributed by atoms with Crippen molar-refractivity contribution in [1.82, 2.24) is 5.32 Å². The number of aryl methyl sites for hydroxylation is 1. The van der Waals surface area contributed by atoms with E-state index in [1.807, 2.05) is 19.9 Å². The molecule has 0 aliphatic carbocycles. The molecule has 0 heterocycles. The highest BCUT2D eigenvalue weighted by Crippen LogP contribution is 2.30. The maximum Gasteiger partial charge on any atom is 0.261 e. The summed E-state index contributed by atoms with van der Waals surface area (Å²) in [5.74, 6) is 0.734. The van der Waals surface area contributed by atoms with Crippen molar-refractivity contribution in [2.24, 2.45) is 0 Å². The van der Waals surface area contributed by atoms with Gasteiger partial charge < -0.3 is 14.8 Å². The predicted molar refractivity (Wildman–Crippen MR) is 124 cm³/mol. The molecule has 168 valence electrons. The SMILES string of the molecule is COc1ccc(C(C)NC(=O)c2ccccc2NS(=O)(=O)c2ccc(C)cc2)cc1OC. The fourth-order valence-electron chi connectivity index (χ4n) is 3.17. The highest BCUT2D eigenvalue weighted by Gasteiger charge is 2.20. The highest BCUT2D eigenvalue weighted by molar-refractivity contribution is 7.92. The molecule has 3 rings (SSSR count). The molecule has 0 aromatic heterocycles. The number of carbonyl (C=O) groups is 1. The lowest BCUT2D eigenvalue weighted by molar-refractivity contribution is 0.0940. The van der Waals surface area contributed by atoms with Crippen molar-refractivity contribution in [2.45, 2.75) is 24.8 Å². The van der Waals surface area contributed by atoms with Gasteiger partial charge >= 0.3 is 0 Å². The average molecular weight is 455 g/mol. The van der Waals surface area contributed by atoms with E-state index in [4.69, 9.17) is 9.47 Å². The minimum atomic E-state index is -3.84. The number of rotatable bonds is 8. The zero-order valence-electron chi connectivity index (χ0n) is 18.4. The van der Waals surface area contributed by atoms with E-state index < -0.39 is 15.9 Å². The van der Waals surface area contributed by atoms with Crippen LogP contribution in [0.5, 0.6) is 11.5 Å². The second kappa shape index (κ2) is 9.74. The summed E-state index contributed by atoms with van der Waals surface area (Å²) in [4.78, 5) is 13.1. The van der Waals surface area contributed by atoms with Gasteiger partial charge in [0.25, 0.3) is 15.9 Å². The quantitative estimate of drug-likeness (QED) is 0.529. The molecule has 0 fully saturated rings. The molecule has 32 heavy (non-hydrogen) atoms. The number of benzene rings is 3. The lowest BCUT2D eigenvalue weighted by Gasteiger charge is -2.18. The van der Waals surface area contributed by atoms with Crippen LogP contribution in [0.15, 0.2) is 71.6 Å². The average Bonchev–Trinajstić information content (AvgIpc) is 2.78. The summed E-state index contributed by atoms with van der Waals surface area (Å²) < 4.78 is 38.7. The molecule has 8 heteroatoms. The monoisotopic (exact) mass is 454 g/mol. The summed E-state index contributed by atoms with van der Waals surface area (Å²) in [5, 5.41) is 2.90. The number of nitrogens with one attached hydrogen (secondary N) is 2. The third kappa shape index (κ3) is 5.20. The summed E-state index contributed by atoms with van der Waals surface area (Å²) in [7, 11) is -0.748. The van der Waals surface area contributed by atoms with Crippen LogP contribution >= 0.6 is 0 Å². The third-order valence-electron chi connectivity index (χ3n) is 5.00. The van der Waals surface area contributed by atoms with E-state index in [0.29, 0.717) is 11.5 Å². The van der Waals surface area contributed by atoms with Crippen LogP contribution in [0.1, 0.15) is 34.5 Å². The lowest BCUT2D eigenvalue weighted by Crippen LogP contribution is -2.28. The molecule has 3 aromatic rings. The number of ether oxygens (including phenoxy) is 2. The number of sulfonamides is 1. The van der Waals surface area contributed by atoms with Gasteiger partial charge in [0.2, 0.25) is 0 Å². The van der Waals surface area contributed by atoms with Gasteiger partial charge in [-0.05, 0) is 55.8 Å². The van der Waals surface area contributed by atoms with E-state index >= 15 is 0 Å². The van der Waals surface area contributed by atoms with E-state index in [0.717, 1.165) is 11.1 Å². The molecule has 0 spiro atoms. The Morgan fingerprint density at radius 3 is 2.22 bits per heavy atom. The van der Waals surface area contributed by atoms with E-state index in [2.05, 4.69) is 10.0 Å². The molecule has 0 aliphatic rings. The summed E-state index contributed by atoms with van der Waals surface area (Å²) in [6, 6.07) is 18.0. The van der Waals surface area contributed by atoms with Crippen LogP contribution in [0.4, 0.5) is 5.69 Å². The number of para-hydroxylation sites is 1. The van der Waals surface area contributed by atoms with Gasteiger partial charge in [-0.15, -0.1) is 0 Å². The Balaban J connectivity index is 1.82. The molecule has 7 nitrogen and oxygen atoms in total. The van der Waals surface area contributed by atoms with Gasteiger partial charge in [0.1, 0.15) is 0 Å². The first-order valence-corrected chi connectivity index (χ1v) is 11.4. The standard InChI is InChI=1S/C24H26N2O5S/c1-16-9-12-19(13-10-16)32(28,29)26-21-8-6-5-7-20(21)24(27)25-17(2)18-11-14-22(30-3)23(15-18)31-4/h5-15,17,26H,1-4H3,(H,25,27). The predicted octanol–water partition coefficient (Wildman–Crippen LogP) is 4.30. The second-order valence-corrected chi connectivity index (χ2v) is 8.96. The van der Waals surface area contributed by atoms with Crippen LogP contribution in [0.3, 0.4) is 0 Å². The largest absolute Gasteiger partial charge is 0.493 e. The highest BCUT2D eigenvalue weighted by atomic mass is 32.2. The normalized spacial score (nSPS) is 12.0. The van der Waals surface area contributed by atoms with Crippen LogP contribution in [0.25, 0.3) is 0 Å². The van der Waals surface area contributed by atoms with Crippen molar-refractivity contribution in [1.29, 1.82) is 0 Å². The van der Waals surface area contributed by atoms with E-state index in [1.165, 1.54) is 12.1 Å². The van der Waals surface area contributed by atoms with E-state index in [9.17, 15) is 13.2 Å². The minimum absolute atomic E-state index is 0.122. The Bertz CT molecular complexity index is 1210. The molecule has 3 aromatic carbocycles. The third-order valence-corrected chi connectivity index (χ3v) is 6.38. The van der Waals surface area contributed by atoms with Gasteiger partial charge in [-0.3, -0.25) is 9.52 Å². The molecule has 0 bridgehead atoms. The molecule has 1 atom stereocenters. The maximum atomic E-state index is 13.0. The molecule has 0 saturated heterocycles. The van der Waals surface area contributed by atoms with Crippen LogP contribution in [-0.4, -0.2) is 28.5 Å². The zero-order valence-corrected chi connectivity index (χ0v) is 19.2. The first-order valence-electron chi connectivity index (χ1n) is 9.96. The van der Waals surface area contributed by atoms with Crippen LogP contribution < -0.4 is 19.5 Å². The Kier molecular flexibility index (Phi) is 7.05. The van der Waals surface area contributed by atoms with Crippen molar-refractivity contribution >= 4 is 21.6 Å². The van der Waals surface area contributed by atoms with Gasteiger partial charge in [0.05, 0.1) is 36.4 Å². The lowest BCUT2D eigenvalue weighted by atomic mass is 10.1. The van der Waals surface area contributed by atoms with Gasteiger partial charge in [-0.1, -0.05) is 35.9 Å². The molecule has 0 radical (unpaired) electrons. The molecular weight excluding hydrogens is 428 g/mol. The Morgan fingerprint density at radius 2 is 1.56 bits per heavy atom.